The van der Waals surface area contributed by atoms with Crippen LogP contribution in [0.4, 0.5) is 5.69 Å². The van der Waals surface area contributed by atoms with Crippen LogP contribution >= 0.6 is 27.7 Å². The molecule has 2 aromatic rings. The van der Waals surface area contributed by atoms with E-state index in [1.54, 1.807) is 0 Å². The quantitative estimate of drug-likeness (QED) is 0.769. The van der Waals surface area contributed by atoms with Gasteiger partial charge in [0.2, 0.25) is 5.91 Å². The number of hydrogen-bond acceptors (Lipinski definition) is 4. The molecule has 5 nitrogen and oxygen atoms in total. The van der Waals surface area contributed by atoms with Gasteiger partial charge in [-0.25, -0.2) is 0 Å². The number of nitrogens with one attached hydrogen (secondary N) is 1. The van der Waals surface area contributed by atoms with Crippen LogP contribution in [0.2, 0.25) is 0 Å². The fourth-order valence-corrected chi connectivity index (χ4v) is 3.18. The summed E-state index contributed by atoms with van der Waals surface area (Å²) in [4.78, 5) is 12.0. The molecule has 0 spiro atoms. The van der Waals surface area contributed by atoms with Crippen LogP contribution in [0.3, 0.4) is 0 Å². The molecule has 7 heteroatoms. The zero-order valence-corrected chi connectivity index (χ0v) is 15.2. The topological polar surface area (TPSA) is 59.8 Å². The second-order valence-corrected chi connectivity index (χ2v) is 6.92. The van der Waals surface area contributed by atoms with Gasteiger partial charge in [-0.1, -0.05) is 34.6 Å². The van der Waals surface area contributed by atoms with Crippen LogP contribution in [0.25, 0.3) is 0 Å². The Morgan fingerprint density at radius 2 is 2.00 bits per heavy atom. The van der Waals surface area contributed by atoms with E-state index in [2.05, 4.69) is 56.8 Å². The Morgan fingerprint density at radius 1 is 1.32 bits per heavy atom. The molecular weight excluding hydrogens is 364 g/mol. The maximum Gasteiger partial charge on any atom is 0.234 e. The molecule has 0 aliphatic heterocycles. The van der Waals surface area contributed by atoms with Gasteiger partial charge in [-0.2, -0.15) is 0 Å². The number of rotatable bonds is 6. The number of anilines is 1. The number of nitrogens with zero attached hydrogens (tertiary/aromatic N) is 3. The van der Waals surface area contributed by atoms with Crippen molar-refractivity contribution in [3.8, 4) is 0 Å². The van der Waals surface area contributed by atoms with Crippen molar-refractivity contribution in [2.45, 2.75) is 38.4 Å². The minimum absolute atomic E-state index is 0.0522. The lowest BCUT2D eigenvalue weighted by molar-refractivity contribution is -0.113. The van der Waals surface area contributed by atoms with Crippen molar-refractivity contribution in [3.05, 3.63) is 34.6 Å². The molecule has 0 bridgehead atoms. The van der Waals surface area contributed by atoms with E-state index < -0.39 is 0 Å². The van der Waals surface area contributed by atoms with Gasteiger partial charge < -0.3 is 9.88 Å². The lowest BCUT2D eigenvalue weighted by Gasteiger charge is -2.12. The van der Waals surface area contributed by atoms with Crippen molar-refractivity contribution >= 4 is 39.3 Å². The number of carbonyl (C=O) groups is 1. The van der Waals surface area contributed by atoms with Gasteiger partial charge >= 0.3 is 0 Å². The molecule has 0 fully saturated rings. The summed E-state index contributed by atoms with van der Waals surface area (Å²) in [7, 11) is 0. The van der Waals surface area contributed by atoms with Crippen LogP contribution in [0, 0.1) is 0 Å². The molecule has 1 heterocycles. The van der Waals surface area contributed by atoms with E-state index in [-0.39, 0.29) is 11.9 Å². The van der Waals surface area contributed by atoms with Crippen molar-refractivity contribution < 1.29 is 4.79 Å². The highest BCUT2D eigenvalue weighted by Gasteiger charge is 2.15. The van der Waals surface area contributed by atoms with Gasteiger partial charge in [0.15, 0.2) is 5.16 Å². The smallest absolute Gasteiger partial charge is 0.234 e. The Kier molecular flexibility index (Phi) is 6.02. The Balaban J connectivity index is 1.96. The summed E-state index contributed by atoms with van der Waals surface area (Å²) >= 11 is 4.78. The molecule has 2 rings (SSSR count). The van der Waals surface area contributed by atoms with Crippen molar-refractivity contribution in [1.82, 2.24) is 14.8 Å². The van der Waals surface area contributed by atoms with E-state index in [0.717, 1.165) is 27.6 Å². The highest BCUT2D eigenvalue weighted by Crippen LogP contribution is 2.22. The van der Waals surface area contributed by atoms with E-state index in [0.29, 0.717) is 5.75 Å². The molecule has 1 N–H and O–H groups in total. The first-order valence-corrected chi connectivity index (χ1v) is 8.91. The number of aromatic nitrogens is 3. The largest absolute Gasteiger partial charge is 0.325 e. The fourth-order valence-electron chi connectivity index (χ4n) is 2.03. The summed E-state index contributed by atoms with van der Waals surface area (Å²) in [5.41, 5.74) is 0.786. The first-order valence-electron chi connectivity index (χ1n) is 7.13. The molecule has 1 aromatic heterocycles. The van der Waals surface area contributed by atoms with Crippen molar-refractivity contribution in [2.24, 2.45) is 0 Å². The molecule has 0 saturated carbocycles. The molecule has 22 heavy (non-hydrogen) atoms. The zero-order chi connectivity index (χ0) is 16.1. The average Bonchev–Trinajstić information content (AvgIpc) is 2.91. The highest BCUT2D eigenvalue weighted by atomic mass is 79.9. The van der Waals surface area contributed by atoms with E-state index in [4.69, 9.17) is 0 Å². The first kappa shape index (κ1) is 17.0. The number of carbonyl (C=O) groups excluding carboxylic acids is 1. The number of halogens is 1. The third-order valence-electron chi connectivity index (χ3n) is 3.03. The summed E-state index contributed by atoms with van der Waals surface area (Å²) in [6.07, 6.45) is 0.830. The van der Waals surface area contributed by atoms with Crippen LogP contribution < -0.4 is 5.32 Å². The van der Waals surface area contributed by atoms with Gasteiger partial charge in [0.05, 0.1) is 5.75 Å². The first-order chi connectivity index (χ1) is 10.5. The second-order valence-electron chi connectivity index (χ2n) is 5.06. The van der Waals surface area contributed by atoms with Gasteiger partial charge in [-0.05, 0) is 38.1 Å². The summed E-state index contributed by atoms with van der Waals surface area (Å²) in [6, 6.07) is 7.79. The summed E-state index contributed by atoms with van der Waals surface area (Å²) in [5, 5.41) is 12.0. The summed E-state index contributed by atoms with van der Waals surface area (Å²) < 4.78 is 3.06. The number of amides is 1. The molecular formula is C15H19BrN4OS. The molecule has 1 amide bonds. The molecule has 0 aliphatic rings. The molecule has 0 radical (unpaired) electrons. The number of hydrogen-bond donors (Lipinski definition) is 1. The van der Waals surface area contributed by atoms with Crippen LogP contribution in [0.15, 0.2) is 33.9 Å². The third-order valence-corrected chi connectivity index (χ3v) is 4.50. The number of thioether (sulfide) groups is 1. The fraction of sp³-hybridized carbons (Fsp3) is 0.400. The van der Waals surface area contributed by atoms with Gasteiger partial charge in [0.25, 0.3) is 0 Å². The van der Waals surface area contributed by atoms with Crippen LogP contribution in [0.5, 0.6) is 0 Å². The van der Waals surface area contributed by atoms with Crippen LogP contribution in [-0.4, -0.2) is 26.4 Å². The Labute approximate surface area is 143 Å². The second kappa shape index (κ2) is 7.78. The van der Waals surface area contributed by atoms with Crippen molar-refractivity contribution in [2.75, 3.05) is 11.1 Å². The molecule has 0 saturated heterocycles. The van der Waals surface area contributed by atoms with Crippen LogP contribution in [0.1, 0.15) is 32.6 Å². The maximum atomic E-state index is 12.0. The Morgan fingerprint density at radius 3 is 2.59 bits per heavy atom. The maximum absolute atomic E-state index is 12.0. The Hall–Kier alpha value is -1.34. The van der Waals surface area contributed by atoms with Gasteiger partial charge in [0.1, 0.15) is 5.82 Å². The predicted molar refractivity (Wildman–Crippen MR) is 93.3 cm³/mol. The summed E-state index contributed by atoms with van der Waals surface area (Å²) in [6.45, 7) is 6.24. The molecule has 0 aliphatic carbocycles. The van der Waals surface area contributed by atoms with E-state index in [1.807, 2.05) is 24.3 Å². The zero-order valence-electron chi connectivity index (χ0n) is 12.8. The van der Waals surface area contributed by atoms with Crippen LogP contribution in [-0.2, 0) is 11.2 Å². The standard InChI is InChI=1S/C15H19BrN4OS/c1-4-13-18-19-15(20(13)10(2)3)22-9-14(21)17-12-7-5-11(16)6-8-12/h5-8,10H,4,9H2,1-3H3,(H,17,21). The predicted octanol–water partition coefficient (Wildman–Crippen LogP) is 3.91. The van der Waals surface area contributed by atoms with Gasteiger partial charge in [-0.15, -0.1) is 10.2 Å². The van der Waals surface area contributed by atoms with E-state index in [1.165, 1.54) is 11.8 Å². The SMILES string of the molecule is CCc1nnc(SCC(=O)Nc2ccc(Br)cc2)n1C(C)C. The molecule has 1 aromatic carbocycles. The minimum atomic E-state index is -0.0522. The third kappa shape index (κ3) is 4.33. The van der Waals surface area contributed by atoms with E-state index >= 15 is 0 Å². The monoisotopic (exact) mass is 382 g/mol. The molecule has 118 valence electrons. The van der Waals surface area contributed by atoms with Gasteiger partial charge in [0, 0.05) is 22.6 Å². The summed E-state index contributed by atoms with van der Waals surface area (Å²) in [5.74, 6) is 1.21. The van der Waals surface area contributed by atoms with Gasteiger partial charge in [-0.3, -0.25) is 4.79 Å². The molecule has 0 unspecified atom stereocenters. The normalized spacial score (nSPS) is 11.0. The average molecular weight is 383 g/mol. The highest BCUT2D eigenvalue weighted by molar-refractivity contribution is 9.10. The number of aryl methyl sites for hydroxylation is 1. The lowest BCUT2D eigenvalue weighted by Crippen LogP contribution is -2.15. The van der Waals surface area contributed by atoms with Crippen molar-refractivity contribution in [1.29, 1.82) is 0 Å². The molecule has 0 atom stereocenters. The Bertz CT molecular complexity index is 639. The number of benzene rings is 1. The van der Waals surface area contributed by atoms with Crippen molar-refractivity contribution in [3.63, 3.8) is 0 Å². The van der Waals surface area contributed by atoms with E-state index in [9.17, 15) is 4.79 Å². The minimum Gasteiger partial charge on any atom is -0.325 e. The lowest BCUT2D eigenvalue weighted by atomic mass is 10.3.